The zero-order chi connectivity index (χ0) is 7.82. The zero-order valence-corrected chi connectivity index (χ0v) is 7.61. The Morgan fingerprint density at radius 3 is 2.50 bits per heavy atom. The molecule has 1 nitrogen and oxygen atoms in total. The molecule has 0 aliphatic heterocycles. The van der Waals surface area contributed by atoms with Gasteiger partial charge in [-0.3, -0.25) is 0 Å². The van der Waals surface area contributed by atoms with E-state index in [2.05, 4.69) is 26.1 Å². The molecule has 0 heterocycles. The summed E-state index contributed by atoms with van der Waals surface area (Å²) in [7, 11) is 0. The van der Waals surface area contributed by atoms with E-state index in [4.69, 9.17) is 0 Å². The Kier molecular flexibility index (Phi) is 7.04. The van der Waals surface area contributed by atoms with Crippen molar-refractivity contribution in [1.82, 2.24) is 5.32 Å². The van der Waals surface area contributed by atoms with Crippen LogP contribution in [0.1, 0.15) is 41.5 Å². The highest BCUT2D eigenvalue weighted by Crippen LogP contribution is 2.04. The second-order valence-corrected chi connectivity index (χ2v) is 3.24. The molecular weight excluding hydrogens is 122 g/mol. The second kappa shape index (κ2) is 7.07. The third-order valence-corrected chi connectivity index (χ3v) is 1.64. The highest BCUT2D eigenvalue weighted by Gasteiger charge is 1.92. The molecule has 0 fully saturated rings. The fourth-order valence-corrected chi connectivity index (χ4v) is 0.979. The lowest BCUT2D eigenvalue weighted by Crippen LogP contribution is -2.13. The Hall–Kier alpha value is -0.0400. The largest absolute Gasteiger partial charge is 0.317 e. The fourth-order valence-electron chi connectivity index (χ4n) is 0.979. The molecule has 0 aromatic heterocycles. The van der Waals surface area contributed by atoms with Gasteiger partial charge in [0.15, 0.2) is 0 Å². The molecule has 10 heavy (non-hydrogen) atoms. The quantitative estimate of drug-likeness (QED) is 0.567. The van der Waals surface area contributed by atoms with Crippen molar-refractivity contribution in [2.45, 2.75) is 40.0 Å². The fraction of sp³-hybridized carbons (Fsp3) is 1.00. The summed E-state index contributed by atoms with van der Waals surface area (Å²) >= 11 is 0. The number of unbranched alkanes of at least 4 members (excludes halogenated alkanes) is 1. The summed E-state index contributed by atoms with van der Waals surface area (Å²) in [5, 5.41) is 3.32. The van der Waals surface area contributed by atoms with Crippen LogP contribution in [0.2, 0.25) is 0 Å². The molecule has 0 spiro atoms. The van der Waals surface area contributed by atoms with E-state index in [1.54, 1.807) is 0 Å². The summed E-state index contributed by atoms with van der Waals surface area (Å²) < 4.78 is 0. The molecule has 0 aliphatic rings. The lowest BCUT2D eigenvalue weighted by atomic mass is 10.1. The minimum absolute atomic E-state index is 0. The number of rotatable bonds is 6. The first-order valence-corrected chi connectivity index (χ1v) is 4.48. The molecule has 0 aliphatic carbocycles. The molecule has 64 valence electrons. The van der Waals surface area contributed by atoms with Crippen molar-refractivity contribution in [3.63, 3.8) is 0 Å². The standard InChI is InChI=1S/C9H21N.H2/c1-4-10-8-6-5-7-9(2)3;/h9-10H,4-8H2,1-3H3;1H. The van der Waals surface area contributed by atoms with Gasteiger partial charge in [-0.25, -0.2) is 0 Å². The predicted octanol–water partition coefficient (Wildman–Crippen LogP) is 2.67. The van der Waals surface area contributed by atoms with Gasteiger partial charge in [-0.15, -0.1) is 0 Å². The molecule has 0 bridgehead atoms. The summed E-state index contributed by atoms with van der Waals surface area (Å²) in [5.74, 6) is 0.877. The van der Waals surface area contributed by atoms with Crippen molar-refractivity contribution in [2.75, 3.05) is 13.1 Å². The van der Waals surface area contributed by atoms with Crippen molar-refractivity contribution in [2.24, 2.45) is 5.92 Å². The maximum absolute atomic E-state index is 3.32. The van der Waals surface area contributed by atoms with Gasteiger partial charge in [0.05, 0.1) is 0 Å². The van der Waals surface area contributed by atoms with E-state index in [-0.39, 0.29) is 1.43 Å². The van der Waals surface area contributed by atoms with Crippen LogP contribution in [0, 0.1) is 5.92 Å². The van der Waals surface area contributed by atoms with Crippen LogP contribution in [0.15, 0.2) is 0 Å². The highest BCUT2D eigenvalue weighted by atomic mass is 14.8. The third kappa shape index (κ3) is 7.96. The van der Waals surface area contributed by atoms with E-state index >= 15 is 0 Å². The Morgan fingerprint density at radius 1 is 1.30 bits per heavy atom. The van der Waals surface area contributed by atoms with Crippen LogP contribution in [-0.4, -0.2) is 13.1 Å². The molecule has 0 radical (unpaired) electrons. The Labute approximate surface area is 66.7 Å². The van der Waals surface area contributed by atoms with Crippen molar-refractivity contribution in [3.05, 3.63) is 0 Å². The van der Waals surface area contributed by atoms with Gasteiger partial charge in [0, 0.05) is 1.43 Å². The maximum atomic E-state index is 3.32. The van der Waals surface area contributed by atoms with Crippen molar-refractivity contribution in [3.8, 4) is 0 Å². The lowest BCUT2D eigenvalue weighted by Gasteiger charge is -2.03. The molecule has 1 N–H and O–H groups in total. The van der Waals surface area contributed by atoms with Crippen LogP contribution < -0.4 is 5.32 Å². The summed E-state index contributed by atoms with van der Waals surface area (Å²) in [4.78, 5) is 0. The van der Waals surface area contributed by atoms with Crippen LogP contribution in [-0.2, 0) is 0 Å². The maximum Gasteiger partial charge on any atom is 0 e. The predicted molar refractivity (Wildman–Crippen MR) is 49.3 cm³/mol. The first-order valence-electron chi connectivity index (χ1n) is 4.48. The van der Waals surface area contributed by atoms with Crippen LogP contribution in [0.4, 0.5) is 0 Å². The van der Waals surface area contributed by atoms with Gasteiger partial charge in [-0.1, -0.05) is 33.6 Å². The van der Waals surface area contributed by atoms with Gasteiger partial charge < -0.3 is 5.32 Å². The van der Waals surface area contributed by atoms with Crippen LogP contribution >= 0.6 is 0 Å². The van der Waals surface area contributed by atoms with Crippen LogP contribution in [0.25, 0.3) is 0 Å². The van der Waals surface area contributed by atoms with Crippen molar-refractivity contribution in [1.29, 1.82) is 0 Å². The van der Waals surface area contributed by atoms with Gasteiger partial charge in [-0.05, 0) is 25.4 Å². The Morgan fingerprint density at radius 2 is 2.00 bits per heavy atom. The lowest BCUT2D eigenvalue weighted by molar-refractivity contribution is 0.524. The molecule has 0 saturated heterocycles. The minimum Gasteiger partial charge on any atom is -0.317 e. The molecule has 0 unspecified atom stereocenters. The second-order valence-electron chi connectivity index (χ2n) is 3.24. The zero-order valence-electron chi connectivity index (χ0n) is 7.61. The SMILES string of the molecule is CCNCCCCC(C)C.[HH]. The molecule has 0 saturated carbocycles. The normalized spacial score (nSPS) is 10.8. The number of hydrogen-bond donors (Lipinski definition) is 1. The smallest absolute Gasteiger partial charge is 0 e. The molecule has 1 heteroatoms. The van der Waals surface area contributed by atoms with E-state index < -0.39 is 0 Å². The Bertz CT molecular complexity index is 64.6. The first kappa shape index (κ1) is 9.96. The average Bonchev–Trinajstić information content (AvgIpc) is 1.87. The minimum atomic E-state index is 0. The molecule has 0 aromatic rings. The molecule has 0 aromatic carbocycles. The number of hydrogen-bond acceptors (Lipinski definition) is 1. The summed E-state index contributed by atoms with van der Waals surface area (Å²) in [5.41, 5.74) is 0. The molecular formula is C9H23N. The molecule has 0 atom stereocenters. The van der Waals surface area contributed by atoms with Gasteiger partial charge in [-0.2, -0.15) is 0 Å². The topological polar surface area (TPSA) is 12.0 Å². The van der Waals surface area contributed by atoms with Crippen LogP contribution in [0.3, 0.4) is 0 Å². The van der Waals surface area contributed by atoms with E-state index in [1.807, 2.05) is 0 Å². The van der Waals surface area contributed by atoms with Gasteiger partial charge in [0.25, 0.3) is 0 Å². The first-order chi connectivity index (χ1) is 4.77. The van der Waals surface area contributed by atoms with Gasteiger partial charge in [0.2, 0.25) is 0 Å². The van der Waals surface area contributed by atoms with Gasteiger partial charge >= 0.3 is 0 Å². The van der Waals surface area contributed by atoms with E-state index in [1.165, 1.54) is 25.8 Å². The van der Waals surface area contributed by atoms with E-state index in [0.717, 1.165) is 12.5 Å². The highest BCUT2D eigenvalue weighted by molar-refractivity contribution is 4.48. The summed E-state index contributed by atoms with van der Waals surface area (Å²) in [6, 6.07) is 0. The van der Waals surface area contributed by atoms with Gasteiger partial charge in [0.1, 0.15) is 0 Å². The molecule has 0 rings (SSSR count). The van der Waals surface area contributed by atoms with Crippen molar-refractivity contribution >= 4 is 0 Å². The van der Waals surface area contributed by atoms with Crippen molar-refractivity contribution < 1.29 is 1.43 Å². The average molecular weight is 145 g/mol. The summed E-state index contributed by atoms with van der Waals surface area (Å²) in [6.07, 6.45) is 4.10. The molecule has 0 amide bonds. The van der Waals surface area contributed by atoms with E-state index in [9.17, 15) is 0 Å². The number of nitrogens with one attached hydrogen (secondary N) is 1. The van der Waals surface area contributed by atoms with Crippen LogP contribution in [0.5, 0.6) is 0 Å². The van der Waals surface area contributed by atoms with E-state index in [0.29, 0.717) is 0 Å². The monoisotopic (exact) mass is 145 g/mol. The third-order valence-electron chi connectivity index (χ3n) is 1.64. The summed E-state index contributed by atoms with van der Waals surface area (Å²) in [6.45, 7) is 9.04. The Balaban J connectivity index is 0.